The lowest BCUT2D eigenvalue weighted by atomic mass is 9.99. The third kappa shape index (κ3) is 3.53. The van der Waals surface area contributed by atoms with E-state index in [1.165, 1.54) is 24.0 Å². The van der Waals surface area contributed by atoms with Gasteiger partial charge in [0.25, 0.3) is 0 Å². The van der Waals surface area contributed by atoms with E-state index in [1.54, 1.807) is 6.20 Å². The van der Waals surface area contributed by atoms with Gasteiger partial charge in [0.2, 0.25) is 5.95 Å². The van der Waals surface area contributed by atoms with E-state index < -0.39 is 0 Å². The average Bonchev–Trinajstić information content (AvgIpc) is 2.55. The van der Waals surface area contributed by atoms with Crippen LogP contribution in [0.3, 0.4) is 0 Å². The minimum atomic E-state index is 0.597. The van der Waals surface area contributed by atoms with Crippen LogP contribution in [-0.2, 0) is 6.54 Å². The Morgan fingerprint density at radius 3 is 2.77 bits per heavy atom. The summed E-state index contributed by atoms with van der Waals surface area (Å²) in [4.78, 5) is 6.91. The van der Waals surface area contributed by atoms with E-state index in [1.807, 2.05) is 0 Å². The highest BCUT2D eigenvalue weighted by Gasteiger charge is 2.17. The molecule has 0 aliphatic carbocycles. The zero-order valence-electron chi connectivity index (χ0n) is 13.3. The van der Waals surface area contributed by atoms with Crippen LogP contribution in [0.15, 0.2) is 30.5 Å². The van der Waals surface area contributed by atoms with Crippen LogP contribution in [0.5, 0.6) is 0 Å². The molecule has 1 aromatic carbocycles. The molecule has 1 aliphatic rings. The molecule has 5 heteroatoms. The number of aromatic nitrogens is 3. The number of hydrogen-bond acceptors (Lipinski definition) is 5. The Kier molecular flexibility index (Phi) is 4.51. The zero-order valence-corrected chi connectivity index (χ0v) is 13.3. The van der Waals surface area contributed by atoms with Crippen molar-refractivity contribution in [2.45, 2.75) is 33.2 Å². The molecule has 1 aromatic heterocycles. The second kappa shape index (κ2) is 6.73. The summed E-state index contributed by atoms with van der Waals surface area (Å²) in [6, 6.07) is 8.33. The number of piperidine rings is 1. The molecule has 2 heterocycles. The van der Waals surface area contributed by atoms with Gasteiger partial charge in [0.05, 0.1) is 6.20 Å². The molecular weight excluding hydrogens is 274 g/mol. The number of hydrogen-bond donors (Lipinski definition) is 1. The first kappa shape index (κ1) is 14.8. The van der Waals surface area contributed by atoms with Crippen molar-refractivity contribution < 1.29 is 0 Å². The molecule has 1 fully saturated rings. The Morgan fingerprint density at radius 2 is 2.00 bits per heavy atom. The molecule has 0 radical (unpaired) electrons. The number of nitrogens with zero attached hydrogens (tertiary/aromatic N) is 4. The van der Waals surface area contributed by atoms with Gasteiger partial charge in [0.1, 0.15) is 0 Å². The van der Waals surface area contributed by atoms with Crippen molar-refractivity contribution in [3.8, 4) is 0 Å². The van der Waals surface area contributed by atoms with Crippen LogP contribution in [-0.4, -0.2) is 28.3 Å². The van der Waals surface area contributed by atoms with Gasteiger partial charge in [-0.2, -0.15) is 10.1 Å². The molecule has 22 heavy (non-hydrogen) atoms. The molecule has 5 nitrogen and oxygen atoms in total. The predicted molar refractivity (Wildman–Crippen MR) is 88.9 cm³/mol. The van der Waals surface area contributed by atoms with Gasteiger partial charge in [-0.1, -0.05) is 31.2 Å². The Hall–Kier alpha value is -2.17. The van der Waals surface area contributed by atoms with E-state index >= 15 is 0 Å². The molecule has 0 saturated carbocycles. The lowest BCUT2D eigenvalue weighted by Crippen LogP contribution is -2.33. The first-order chi connectivity index (χ1) is 10.7. The van der Waals surface area contributed by atoms with E-state index in [9.17, 15) is 0 Å². The summed E-state index contributed by atoms with van der Waals surface area (Å²) in [7, 11) is 0. The smallest absolute Gasteiger partial charge is 0.244 e. The number of anilines is 2. The first-order valence-corrected chi connectivity index (χ1v) is 7.95. The molecule has 2 aromatic rings. The van der Waals surface area contributed by atoms with Crippen LogP contribution in [0.4, 0.5) is 11.8 Å². The van der Waals surface area contributed by atoms with Crippen LogP contribution >= 0.6 is 0 Å². The summed E-state index contributed by atoms with van der Waals surface area (Å²) in [6.07, 6.45) is 4.20. The lowest BCUT2D eigenvalue weighted by molar-refractivity contribution is 0.436. The Morgan fingerprint density at radius 1 is 1.23 bits per heavy atom. The van der Waals surface area contributed by atoms with Crippen LogP contribution < -0.4 is 10.2 Å². The Balaban J connectivity index is 1.65. The maximum Gasteiger partial charge on any atom is 0.244 e. The minimum Gasteiger partial charge on any atom is -0.355 e. The highest BCUT2D eigenvalue weighted by Crippen LogP contribution is 2.21. The van der Waals surface area contributed by atoms with Gasteiger partial charge in [0.15, 0.2) is 5.82 Å². The second-order valence-electron chi connectivity index (χ2n) is 6.09. The maximum absolute atomic E-state index is 4.61. The van der Waals surface area contributed by atoms with Gasteiger partial charge in [0, 0.05) is 19.6 Å². The van der Waals surface area contributed by atoms with E-state index in [2.05, 4.69) is 63.5 Å². The maximum atomic E-state index is 4.61. The molecule has 116 valence electrons. The third-order valence-electron chi connectivity index (χ3n) is 4.35. The molecule has 0 amide bonds. The number of benzene rings is 1. The second-order valence-corrected chi connectivity index (χ2v) is 6.09. The summed E-state index contributed by atoms with van der Waals surface area (Å²) in [6.45, 7) is 7.25. The molecule has 0 atom stereocenters. The van der Waals surface area contributed by atoms with Gasteiger partial charge in [-0.25, -0.2) is 0 Å². The SMILES string of the molecule is Cc1ccccc1CNc1nncc(N2CCC(C)CC2)n1. The fraction of sp³-hybridized carbons (Fsp3) is 0.471. The molecule has 1 N–H and O–H groups in total. The summed E-state index contributed by atoms with van der Waals surface area (Å²) >= 11 is 0. The standard InChI is InChI=1S/C17H23N5/c1-13-7-9-22(10-8-13)16-12-19-21-17(20-16)18-11-15-6-4-3-5-14(15)2/h3-6,12-13H,7-11H2,1-2H3,(H,18,20,21). The predicted octanol–water partition coefficient (Wildman–Crippen LogP) is 3.03. The van der Waals surface area contributed by atoms with Crippen LogP contribution in [0.2, 0.25) is 0 Å². The van der Waals surface area contributed by atoms with Gasteiger partial charge in [-0.05, 0) is 36.8 Å². The third-order valence-corrected chi connectivity index (χ3v) is 4.35. The summed E-state index contributed by atoms with van der Waals surface area (Å²) in [5.41, 5.74) is 2.52. The van der Waals surface area contributed by atoms with E-state index in [4.69, 9.17) is 0 Å². The first-order valence-electron chi connectivity index (χ1n) is 7.95. The van der Waals surface area contributed by atoms with Crippen molar-refractivity contribution in [3.63, 3.8) is 0 Å². The van der Waals surface area contributed by atoms with Gasteiger partial charge < -0.3 is 10.2 Å². The molecule has 3 rings (SSSR count). The van der Waals surface area contributed by atoms with Crippen molar-refractivity contribution in [1.82, 2.24) is 15.2 Å². The Bertz CT molecular complexity index is 620. The normalized spacial score (nSPS) is 15.8. The highest BCUT2D eigenvalue weighted by atomic mass is 15.3. The van der Waals surface area contributed by atoms with Crippen molar-refractivity contribution in [2.75, 3.05) is 23.3 Å². The van der Waals surface area contributed by atoms with Gasteiger partial charge in [-0.15, -0.1) is 5.10 Å². The fourth-order valence-electron chi connectivity index (χ4n) is 2.74. The molecule has 0 spiro atoms. The van der Waals surface area contributed by atoms with Gasteiger partial charge >= 0.3 is 0 Å². The molecule has 1 aliphatic heterocycles. The number of nitrogens with one attached hydrogen (secondary N) is 1. The van der Waals surface area contributed by atoms with Crippen molar-refractivity contribution in [1.29, 1.82) is 0 Å². The van der Waals surface area contributed by atoms with Crippen LogP contribution in [0.25, 0.3) is 0 Å². The molecule has 0 unspecified atom stereocenters. The average molecular weight is 297 g/mol. The van der Waals surface area contributed by atoms with Crippen molar-refractivity contribution in [3.05, 3.63) is 41.6 Å². The fourth-order valence-corrected chi connectivity index (χ4v) is 2.74. The van der Waals surface area contributed by atoms with Crippen molar-refractivity contribution >= 4 is 11.8 Å². The van der Waals surface area contributed by atoms with Crippen LogP contribution in [0.1, 0.15) is 30.9 Å². The summed E-state index contributed by atoms with van der Waals surface area (Å²) in [5, 5.41) is 11.5. The zero-order chi connectivity index (χ0) is 15.4. The van der Waals surface area contributed by atoms with E-state index in [0.29, 0.717) is 5.95 Å². The Labute approximate surface area is 131 Å². The van der Waals surface area contributed by atoms with Crippen LogP contribution in [0, 0.1) is 12.8 Å². The van der Waals surface area contributed by atoms with E-state index in [-0.39, 0.29) is 0 Å². The summed E-state index contributed by atoms with van der Waals surface area (Å²) in [5.74, 6) is 2.33. The topological polar surface area (TPSA) is 53.9 Å². The van der Waals surface area contributed by atoms with Gasteiger partial charge in [-0.3, -0.25) is 0 Å². The number of aryl methyl sites for hydroxylation is 1. The highest BCUT2D eigenvalue weighted by molar-refractivity contribution is 5.41. The molecule has 0 bridgehead atoms. The monoisotopic (exact) mass is 297 g/mol. The van der Waals surface area contributed by atoms with Crippen molar-refractivity contribution in [2.24, 2.45) is 5.92 Å². The molecular formula is C17H23N5. The summed E-state index contributed by atoms with van der Waals surface area (Å²) < 4.78 is 0. The lowest BCUT2D eigenvalue weighted by Gasteiger charge is -2.30. The quantitative estimate of drug-likeness (QED) is 0.940. The largest absolute Gasteiger partial charge is 0.355 e. The molecule has 1 saturated heterocycles. The minimum absolute atomic E-state index is 0.597. The van der Waals surface area contributed by atoms with E-state index in [0.717, 1.165) is 31.4 Å². The number of rotatable bonds is 4.